The van der Waals surface area contributed by atoms with Crippen LogP contribution in [-0.4, -0.2) is 64.4 Å². The topological polar surface area (TPSA) is 58.1 Å². The van der Waals surface area contributed by atoms with E-state index in [1.165, 1.54) is 11.1 Å². The van der Waals surface area contributed by atoms with Crippen LogP contribution in [0.3, 0.4) is 0 Å². The first-order valence-corrected chi connectivity index (χ1v) is 10.7. The van der Waals surface area contributed by atoms with Crippen LogP contribution in [0.4, 0.5) is 0 Å². The Morgan fingerprint density at radius 1 is 1.06 bits per heavy atom. The smallest absolute Gasteiger partial charge is 0.191 e. The van der Waals surface area contributed by atoms with E-state index in [1.54, 1.807) is 7.11 Å². The summed E-state index contributed by atoms with van der Waals surface area (Å²) in [5.41, 5.74) is 2.64. The lowest BCUT2D eigenvalue weighted by atomic mass is 10.0. The molecule has 1 atom stereocenters. The molecule has 0 aromatic heterocycles. The fourth-order valence-corrected chi connectivity index (χ4v) is 3.73. The molecule has 2 aromatic carbocycles. The molecule has 1 saturated heterocycles. The number of rotatable bonds is 9. The lowest BCUT2D eigenvalue weighted by Gasteiger charge is -2.35. The van der Waals surface area contributed by atoms with Gasteiger partial charge in [-0.1, -0.05) is 42.5 Å². The highest BCUT2D eigenvalue weighted by Crippen LogP contribution is 2.23. The van der Waals surface area contributed by atoms with Gasteiger partial charge in [-0.25, -0.2) is 0 Å². The van der Waals surface area contributed by atoms with Gasteiger partial charge in [0.2, 0.25) is 0 Å². The number of halogens is 1. The molecule has 170 valence electrons. The Bertz CT molecular complexity index is 765. The molecule has 0 radical (unpaired) electrons. The van der Waals surface area contributed by atoms with Crippen molar-refractivity contribution in [3.05, 3.63) is 65.7 Å². The summed E-state index contributed by atoms with van der Waals surface area (Å²) in [6, 6.07) is 19.2. The summed E-state index contributed by atoms with van der Waals surface area (Å²) < 4.78 is 10.9. The van der Waals surface area contributed by atoms with Crippen LogP contribution in [0.5, 0.6) is 5.75 Å². The van der Waals surface area contributed by atoms with Gasteiger partial charge in [-0.2, -0.15) is 0 Å². The molecule has 0 bridgehead atoms. The minimum Gasteiger partial charge on any atom is -0.497 e. The maximum Gasteiger partial charge on any atom is 0.191 e. The van der Waals surface area contributed by atoms with E-state index in [4.69, 9.17) is 9.47 Å². The Morgan fingerprint density at radius 3 is 2.42 bits per heavy atom. The molecule has 1 aliphatic heterocycles. The third-order valence-electron chi connectivity index (χ3n) is 5.45. The quantitative estimate of drug-likeness (QED) is 0.222. The lowest BCUT2D eigenvalue weighted by Crippen LogP contribution is -2.46. The van der Waals surface area contributed by atoms with Crippen LogP contribution < -0.4 is 15.4 Å². The minimum atomic E-state index is 0. The third-order valence-corrected chi connectivity index (χ3v) is 5.45. The largest absolute Gasteiger partial charge is 0.497 e. The number of nitrogens with one attached hydrogen (secondary N) is 2. The summed E-state index contributed by atoms with van der Waals surface area (Å²) in [5.74, 6) is 1.72. The zero-order valence-corrected chi connectivity index (χ0v) is 20.9. The van der Waals surface area contributed by atoms with Gasteiger partial charge in [-0.15, -0.1) is 24.0 Å². The van der Waals surface area contributed by atoms with Crippen molar-refractivity contribution >= 4 is 29.9 Å². The van der Waals surface area contributed by atoms with E-state index < -0.39 is 0 Å². The Kier molecular flexibility index (Phi) is 11.7. The second kappa shape index (κ2) is 14.3. The number of guanidine groups is 1. The zero-order chi connectivity index (χ0) is 21.0. The van der Waals surface area contributed by atoms with Gasteiger partial charge in [0.15, 0.2) is 5.96 Å². The van der Waals surface area contributed by atoms with Gasteiger partial charge in [0.1, 0.15) is 5.75 Å². The van der Waals surface area contributed by atoms with E-state index in [9.17, 15) is 0 Å². The van der Waals surface area contributed by atoms with Crippen LogP contribution >= 0.6 is 24.0 Å². The highest BCUT2D eigenvalue weighted by molar-refractivity contribution is 14.0. The maximum atomic E-state index is 5.55. The van der Waals surface area contributed by atoms with Crippen molar-refractivity contribution in [3.8, 4) is 5.75 Å². The Balaban J connectivity index is 0.00000341. The van der Waals surface area contributed by atoms with Crippen molar-refractivity contribution in [1.29, 1.82) is 0 Å². The average Bonchev–Trinajstić information content (AvgIpc) is 2.82. The first-order valence-electron chi connectivity index (χ1n) is 10.7. The highest BCUT2D eigenvalue weighted by Gasteiger charge is 2.23. The molecule has 1 heterocycles. The summed E-state index contributed by atoms with van der Waals surface area (Å²) in [5, 5.41) is 6.96. The lowest BCUT2D eigenvalue weighted by molar-refractivity contribution is 0.0170. The van der Waals surface area contributed by atoms with Crippen LogP contribution in [-0.2, 0) is 11.2 Å². The van der Waals surface area contributed by atoms with Gasteiger partial charge in [0.05, 0.1) is 26.4 Å². The molecule has 3 rings (SSSR count). The van der Waals surface area contributed by atoms with Gasteiger partial charge >= 0.3 is 0 Å². The maximum absolute atomic E-state index is 5.55. The van der Waals surface area contributed by atoms with E-state index in [1.807, 2.05) is 19.2 Å². The number of nitrogens with zero attached hydrogens (tertiary/aromatic N) is 2. The predicted octanol–water partition coefficient (Wildman–Crippen LogP) is 3.48. The molecular formula is C24H35IN4O2. The molecule has 2 aromatic rings. The number of morpholine rings is 1. The van der Waals surface area contributed by atoms with Crippen LogP contribution in [0.2, 0.25) is 0 Å². The first-order chi connectivity index (χ1) is 14.8. The van der Waals surface area contributed by atoms with Gasteiger partial charge in [0, 0.05) is 33.2 Å². The summed E-state index contributed by atoms with van der Waals surface area (Å²) >= 11 is 0. The van der Waals surface area contributed by atoms with E-state index >= 15 is 0 Å². The molecule has 7 heteroatoms. The number of aliphatic imine (C=N–C) groups is 1. The molecular weight excluding hydrogens is 503 g/mol. The molecule has 6 nitrogen and oxygen atoms in total. The van der Waals surface area contributed by atoms with Crippen LogP contribution in [0.15, 0.2) is 59.6 Å². The normalized spacial score (nSPS) is 15.6. The van der Waals surface area contributed by atoms with Crippen LogP contribution in [0.1, 0.15) is 23.6 Å². The van der Waals surface area contributed by atoms with E-state index in [-0.39, 0.29) is 30.0 Å². The van der Waals surface area contributed by atoms with Gasteiger partial charge in [-0.05, 0) is 36.1 Å². The summed E-state index contributed by atoms with van der Waals surface area (Å²) in [6.45, 7) is 5.09. The van der Waals surface area contributed by atoms with Crippen molar-refractivity contribution in [2.24, 2.45) is 4.99 Å². The number of hydrogen-bond donors (Lipinski definition) is 2. The Labute approximate surface area is 203 Å². The number of benzene rings is 2. The number of ether oxygens (including phenoxy) is 2. The van der Waals surface area contributed by atoms with Gasteiger partial charge < -0.3 is 20.1 Å². The molecule has 0 amide bonds. The molecule has 31 heavy (non-hydrogen) atoms. The first kappa shape index (κ1) is 25.4. The zero-order valence-electron chi connectivity index (χ0n) is 18.5. The van der Waals surface area contributed by atoms with Crippen LogP contribution in [0.25, 0.3) is 0 Å². The van der Waals surface area contributed by atoms with Gasteiger partial charge in [-0.3, -0.25) is 9.89 Å². The second-order valence-corrected chi connectivity index (χ2v) is 7.41. The van der Waals surface area contributed by atoms with E-state index in [0.717, 1.165) is 63.9 Å². The fraction of sp³-hybridized carbons (Fsp3) is 0.458. The fourth-order valence-electron chi connectivity index (χ4n) is 3.73. The number of methoxy groups -OCH3 is 1. The molecule has 0 saturated carbocycles. The van der Waals surface area contributed by atoms with Crippen molar-refractivity contribution in [2.45, 2.75) is 18.9 Å². The Morgan fingerprint density at radius 2 is 1.77 bits per heavy atom. The SMILES string of the molecule is CN=C(NCCCc1ccccc1)NCC(c1ccc(OC)cc1)N1CCOCC1.I. The molecule has 1 aliphatic rings. The molecule has 2 N–H and O–H groups in total. The monoisotopic (exact) mass is 538 g/mol. The van der Waals surface area contributed by atoms with E-state index in [0.29, 0.717) is 0 Å². The Hall–Kier alpha value is -1.84. The van der Waals surface area contributed by atoms with Crippen molar-refractivity contribution < 1.29 is 9.47 Å². The third kappa shape index (κ3) is 8.31. The molecule has 0 spiro atoms. The van der Waals surface area contributed by atoms with Gasteiger partial charge in [0.25, 0.3) is 0 Å². The summed E-state index contributed by atoms with van der Waals surface area (Å²) in [6.07, 6.45) is 2.13. The second-order valence-electron chi connectivity index (χ2n) is 7.41. The molecule has 0 aliphatic carbocycles. The molecule has 1 fully saturated rings. The summed E-state index contributed by atoms with van der Waals surface area (Å²) in [7, 11) is 3.52. The van der Waals surface area contributed by atoms with Crippen molar-refractivity contribution in [1.82, 2.24) is 15.5 Å². The van der Waals surface area contributed by atoms with Crippen molar-refractivity contribution in [3.63, 3.8) is 0 Å². The number of hydrogen-bond acceptors (Lipinski definition) is 4. The van der Waals surface area contributed by atoms with Crippen molar-refractivity contribution in [2.75, 3.05) is 53.6 Å². The minimum absolute atomic E-state index is 0. The number of aryl methyl sites for hydroxylation is 1. The summed E-state index contributed by atoms with van der Waals surface area (Å²) in [4.78, 5) is 6.88. The predicted molar refractivity (Wildman–Crippen MR) is 138 cm³/mol. The van der Waals surface area contributed by atoms with Crippen LogP contribution in [0, 0.1) is 0 Å². The highest BCUT2D eigenvalue weighted by atomic mass is 127. The molecule has 1 unspecified atom stereocenters. The standard InChI is InChI=1S/C24H34N4O2.HI/c1-25-24(26-14-6-9-20-7-4-3-5-8-20)27-19-23(28-15-17-30-18-16-28)21-10-12-22(29-2)13-11-21;/h3-5,7-8,10-13,23H,6,9,14-19H2,1-2H3,(H2,25,26,27);1H. The van der Waals surface area contributed by atoms with E-state index in [2.05, 4.69) is 63.0 Å². The average molecular weight is 538 g/mol.